The predicted molar refractivity (Wildman–Crippen MR) is 49.5 cm³/mol. The second-order valence-corrected chi connectivity index (χ2v) is 2.91. The number of halogens is 1. The Balaban J connectivity index is 3.01. The van der Waals surface area contributed by atoms with Crippen molar-refractivity contribution >= 4 is 0 Å². The van der Waals surface area contributed by atoms with Crippen LogP contribution < -0.4 is 4.74 Å². The zero-order valence-electron chi connectivity index (χ0n) is 8.01. The van der Waals surface area contributed by atoms with Crippen LogP contribution in [0.2, 0.25) is 0 Å². The van der Waals surface area contributed by atoms with Gasteiger partial charge in [0.15, 0.2) is 6.10 Å². The zero-order chi connectivity index (χ0) is 11.4. The van der Waals surface area contributed by atoms with E-state index in [-0.39, 0.29) is 5.56 Å². The van der Waals surface area contributed by atoms with Gasteiger partial charge in [0.05, 0.1) is 13.2 Å². The van der Waals surface area contributed by atoms with Gasteiger partial charge in [0.1, 0.15) is 17.7 Å². The molecule has 2 atom stereocenters. The molecule has 0 saturated carbocycles. The predicted octanol–water partition coefficient (Wildman–Crippen LogP) is 0.752. The van der Waals surface area contributed by atoms with Crippen LogP contribution >= 0.6 is 0 Å². The summed E-state index contributed by atoms with van der Waals surface area (Å²) in [6.45, 7) is 0. The highest BCUT2D eigenvalue weighted by atomic mass is 19.1. The van der Waals surface area contributed by atoms with Crippen LogP contribution in [0.5, 0.6) is 5.75 Å². The summed E-state index contributed by atoms with van der Waals surface area (Å²) in [7, 11) is 1.38. The number of methoxy groups -OCH3 is 1. The molecule has 4 nitrogen and oxygen atoms in total. The highest BCUT2D eigenvalue weighted by molar-refractivity contribution is 5.31. The molecular weight excluding hydrogens is 201 g/mol. The molecule has 2 N–H and O–H groups in total. The molecule has 1 rings (SSSR count). The molecule has 0 radical (unpaired) electrons. The van der Waals surface area contributed by atoms with Crippen molar-refractivity contribution in [2.24, 2.45) is 0 Å². The molecule has 80 valence electrons. The van der Waals surface area contributed by atoms with E-state index in [2.05, 4.69) is 0 Å². The van der Waals surface area contributed by atoms with Crippen molar-refractivity contribution in [1.29, 1.82) is 5.26 Å². The molecule has 0 amide bonds. The number of ether oxygens (including phenoxy) is 1. The van der Waals surface area contributed by atoms with Gasteiger partial charge in [-0.25, -0.2) is 4.39 Å². The largest absolute Gasteiger partial charge is 0.497 e. The maximum atomic E-state index is 13.3. The maximum absolute atomic E-state index is 13.3. The van der Waals surface area contributed by atoms with Gasteiger partial charge in [0, 0.05) is 11.6 Å². The topological polar surface area (TPSA) is 73.5 Å². The first-order valence-corrected chi connectivity index (χ1v) is 4.19. The van der Waals surface area contributed by atoms with E-state index in [1.807, 2.05) is 0 Å². The van der Waals surface area contributed by atoms with Crippen LogP contribution in [0.3, 0.4) is 0 Å². The molecule has 2 unspecified atom stereocenters. The van der Waals surface area contributed by atoms with Crippen LogP contribution in [0.1, 0.15) is 11.7 Å². The highest BCUT2D eigenvalue weighted by Crippen LogP contribution is 2.23. The first-order valence-electron chi connectivity index (χ1n) is 4.19. The molecule has 0 saturated heterocycles. The molecule has 0 heterocycles. The van der Waals surface area contributed by atoms with E-state index < -0.39 is 18.0 Å². The lowest BCUT2D eigenvalue weighted by molar-refractivity contribution is 0.0503. The summed E-state index contributed by atoms with van der Waals surface area (Å²) in [6.07, 6.45) is -3.20. The molecule has 1 aromatic rings. The monoisotopic (exact) mass is 211 g/mol. The van der Waals surface area contributed by atoms with Crippen molar-refractivity contribution in [2.75, 3.05) is 7.11 Å². The first-order chi connectivity index (χ1) is 7.10. The fourth-order valence-corrected chi connectivity index (χ4v) is 1.12. The molecule has 0 aromatic heterocycles. The van der Waals surface area contributed by atoms with Crippen molar-refractivity contribution < 1.29 is 19.3 Å². The Morgan fingerprint density at radius 2 is 2.13 bits per heavy atom. The quantitative estimate of drug-likeness (QED) is 0.723. The first kappa shape index (κ1) is 11.4. The number of hydrogen-bond acceptors (Lipinski definition) is 4. The van der Waals surface area contributed by atoms with Crippen LogP contribution in [0.25, 0.3) is 0 Å². The summed E-state index contributed by atoms with van der Waals surface area (Å²) >= 11 is 0. The number of benzene rings is 1. The van der Waals surface area contributed by atoms with Gasteiger partial charge in [0.2, 0.25) is 0 Å². The summed E-state index contributed by atoms with van der Waals surface area (Å²) < 4.78 is 18.1. The van der Waals surface area contributed by atoms with Gasteiger partial charge in [0.25, 0.3) is 0 Å². The minimum Gasteiger partial charge on any atom is -0.497 e. The summed E-state index contributed by atoms with van der Waals surface area (Å²) in [4.78, 5) is 0. The number of hydrogen-bond donors (Lipinski definition) is 2. The second-order valence-electron chi connectivity index (χ2n) is 2.91. The Morgan fingerprint density at radius 3 is 2.60 bits per heavy atom. The van der Waals surface area contributed by atoms with Gasteiger partial charge in [-0.15, -0.1) is 0 Å². The molecule has 0 aliphatic rings. The normalized spacial score (nSPS) is 14.1. The Kier molecular flexibility index (Phi) is 3.61. The standard InChI is InChI=1S/C10H10FNO3/c1-15-6-2-3-7(8(11)4-6)10(14)9(13)5-12/h2-4,9-10,13-14H,1H3. The Labute approximate surface area is 86.2 Å². The van der Waals surface area contributed by atoms with E-state index in [1.54, 1.807) is 0 Å². The third-order valence-electron chi connectivity index (χ3n) is 1.96. The van der Waals surface area contributed by atoms with E-state index in [1.165, 1.54) is 25.3 Å². The van der Waals surface area contributed by atoms with Crippen LogP contribution in [0.15, 0.2) is 18.2 Å². The van der Waals surface area contributed by atoms with Gasteiger partial charge in [-0.05, 0) is 12.1 Å². The number of rotatable bonds is 3. The fraction of sp³-hybridized carbons (Fsp3) is 0.300. The molecule has 15 heavy (non-hydrogen) atoms. The van der Waals surface area contributed by atoms with E-state index in [0.29, 0.717) is 5.75 Å². The Morgan fingerprint density at radius 1 is 1.47 bits per heavy atom. The fourth-order valence-electron chi connectivity index (χ4n) is 1.12. The van der Waals surface area contributed by atoms with E-state index in [4.69, 9.17) is 15.1 Å². The van der Waals surface area contributed by atoms with Gasteiger partial charge >= 0.3 is 0 Å². The van der Waals surface area contributed by atoms with Crippen molar-refractivity contribution in [2.45, 2.75) is 12.2 Å². The molecule has 1 aromatic carbocycles. The number of aliphatic hydroxyl groups is 2. The molecule has 0 fully saturated rings. The number of nitriles is 1. The van der Waals surface area contributed by atoms with Gasteiger partial charge < -0.3 is 14.9 Å². The highest BCUT2D eigenvalue weighted by Gasteiger charge is 2.21. The lowest BCUT2D eigenvalue weighted by Crippen LogP contribution is -2.17. The third-order valence-corrected chi connectivity index (χ3v) is 1.96. The van der Waals surface area contributed by atoms with Crippen LogP contribution in [-0.2, 0) is 0 Å². The summed E-state index contributed by atoms with van der Waals surface area (Å²) in [5, 5.41) is 26.8. The second kappa shape index (κ2) is 4.73. The molecule has 0 aliphatic carbocycles. The molecule has 5 heteroatoms. The van der Waals surface area contributed by atoms with Gasteiger partial charge in [-0.3, -0.25) is 0 Å². The molecule has 0 spiro atoms. The van der Waals surface area contributed by atoms with Crippen LogP contribution in [0.4, 0.5) is 4.39 Å². The van der Waals surface area contributed by atoms with Gasteiger partial charge in [-0.2, -0.15) is 5.26 Å². The maximum Gasteiger partial charge on any atom is 0.170 e. The Bertz CT molecular complexity index is 389. The van der Waals surface area contributed by atoms with Crippen LogP contribution in [-0.4, -0.2) is 23.4 Å². The average molecular weight is 211 g/mol. The number of nitrogens with zero attached hydrogens (tertiary/aromatic N) is 1. The summed E-state index contributed by atoms with van der Waals surface area (Å²) in [5.41, 5.74) is -0.134. The average Bonchev–Trinajstić information content (AvgIpc) is 2.26. The molecular formula is C10H10FNO3. The van der Waals surface area contributed by atoms with Gasteiger partial charge in [-0.1, -0.05) is 0 Å². The third kappa shape index (κ3) is 2.43. The van der Waals surface area contributed by atoms with Crippen molar-refractivity contribution in [3.05, 3.63) is 29.6 Å². The Hall–Kier alpha value is -1.64. The summed E-state index contributed by atoms with van der Waals surface area (Å²) in [5.74, 6) is -0.425. The molecule has 0 aliphatic heterocycles. The molecule has 0 bridgehead atoms. The van der Waals surface area contributed by atoms with Crippen molar-refractivity contribution in [3.8, 4) is 11.8 Å². The van der Waals surface area contributed by atoms with Crippen molar-refractivity contribution in [3.63, 3.8) is 0 Å². The van der Waals surface area contributed by atoms with E-state index in [9.17, 15) is 9.50 Å². The lowest BCUT2D eigenvalue weighted by Gasteiger charge is -2.13. The van der Waals surface area contributed by atoms with E-state index >= 15 is 0 Å². The minimum atomic E-state index is -1.65. The SMILES string of the molecule is COc1ccc(C(O)C(O)C#N)c(F)c1. The van der Waals surface area contributed by atoms with Crippen molar-refractivity contribution in [1.82, 2.24) is 0 Å². The smallest absolute Gasteiger partial charge is 0.170 e. The summed E-state index contributed by atoms with van der Waals surface area (Å²) in [6, 6.07) is 5.20. The minimum absolute atomic E-state index is 0.134. The number of aliphatic hydroxyl groups excluding tert-OH is 2. The van der Waals surface area contributed by atoms with E-state index in [0.717, 1.165) is 6.07 Å². The van der Waals surface area contributed by atoms with Crippen LogP contribution in [0, 0.1) is 17.1 Å². The zero-order valence-corrected chi connectivity index (χ0v) is 8.01. The lowest BCUT2D eigenvalue weighted by atomic mass is 10.0.